The molecule has 0 fully saturated rings. The fourth-order valence-corrected chi connectivity index (χ4v) is 2.42. The highest BCUT2D eigenvalue weighted by molar-refractivity contribution is 5.91. The van der Waals surface area contributed by atoms with Gasteiger partial charge in [0.2, 0.25) is 5.91 Å². The van der Waals surface area contributed by atoms with Gasteiger partial charge < -0.3 is 10.1 Å². The number of anilines is 1. The van der Waals surface area contributed by atoms with Gasteiger partial charge in [0.25, 0.3) is 0 Å². The van der Waals surface area contributed by atoms with Crippen LogP contribution >= 0.6 is 0 Å². The summed E-state index contributed by atoms with van der Waals surface area (Å²) in [6.07, 6.45) is 0.212. The molecule has 0 radical (unpaired) electrons. The van der Waals surface area contributed by atoms with E-state index >= 15 is 0 Å². The van der Waals surface area contributed by atoms with Crippen molar-refractivity contribution in [2.45, 2.75) is 13.3 Å². The van der Waals surface area contributed by atoms with Crippen LogP contribution in [0, 0.1) is 6.92 Å². The first-order valence-corrected chi connectivity index (χ1v) is 7.54. The zero-order valence-corrected chi connectivity index (χ0v) is 13.8. The van der Waals surface area contributed by atoms with Crippen molar-refractivity contribution in [2.24, 2.45) is 7.05 Å². The number of nitrogens with zero attached hydrogens (tertiary/aromatic N) is 3. The molecule has 0 bridgehead atoms. The lowest BCUT2D eigenvalue weighted by Crippen LogP contribution is -2.16. The molecule has 7 nitrogen and oxygen atoms in total. The van der Waals surface area contributed by atoms with Crippen molar-refractivity contribution in [1.29, 1.82) is 0 Å². The van der Waals surface area contributed by atoms with Crippen LogP contribution in [0.1, 0.15) is 11.4 Å². The Labute approximate surface area is 139 Å². The van der Waals surface area contributed by atoms with Gasteiger partial charge in [-0.3, -0.25) is 14.6 Å². The molecule has 3 aromatic rings. The minimum absolute atomic E-state index is 0.137. The number of ether oxygens (including phenoxy) is 1. The van der Waals surface area contributed by atoms with Crippen LogP contribution in [0.5, 0.6) is 5.75 Å². The summed E-state index contributed by atoms with van der Waals surface area (Å²) in [5, 5.41) is 14.2. The molecular formula is C17H19N5O2. The number of rotatable bonds is 5. The number of methoxy groups -OCH3 is 1. The minimum atomic E-state index is -0.137. The molecule has 1 aromatic carbocycles. The summed E-state index contributed by atoms with van der Waals surface area (Å²) in [5.41, 5.74) is 3.33. The summed E-state index contributed by atoms with van der Waals surface area (Å²) in [5.74, 6) is 1.25. The Morgan fingerprint density at radius 3 is 2.88 bits per heavy atom. The molecule has 0 spiro atoms. The Hall–Kier alpha value is -3.09. The van der Waals surface area contributed by atoms with Crippen LogP contribution in [0.15, 0.2) is 36.4 Å². The van der Waals surface area contributed by atoms with E-state index in [9.17, 15) is 4.79 Å². The fourth-order valence-electron chi connectivity index (χ4n) is 2.42. The molecule has 3 rings (SSSR count). The fraction of sp³-hybridized carbons (Fsp3) is 0.235. The second-order valence-electron chi connectivity index (χ2n) is 5.54. The second-order valence-corrected chi connectivity index (χ2v) is 5.54. The predicted octanol–water partition coefficient (Wildman–Crippen LogP) is 2.31. The lowest BCUT2D eigenvalue weighted by atomic mass is 10.1. The van der Waals surface area contributed by atoms with E-state index in [1.165, 1.54) is 0 Å². The maximum absolute atomic E-state index is 12.2. The average molecular weight is 325 g/mol. The van der Waals surface area contributed by atoms with Crippen molar-refractivity contribution in [3.63, 3.8) is 0 Å². The lowest BCUT2D eigenvalue weighted by Gasteiger charge is -2.03. The van der Waals surface area contributed by atoms with E-state index < -0.39 is 0 Å². The molecule has 0 aliphatic heterocycles. The molecule has 2 N–H and O–H groups in total. The van der Waals surface area contributed by atoms with E-state index in [2.05, 4.69) is 20.6 Å². The van der Waals surface area contributed by atoms with Crippen molar-refractivity contribution >= 4 is 11.7 Å². The molecule has 0 aliphatic rings. The number of amides is 1. The minimum Gasteiger partial charge on any atom is -0.497 e. The highest BCUT2D eigenvalue weighted by Crippen LogP contribution is 2.25. The van der Waals surface area contributed by atoms with Crippen molar-refractivity contribution in [1.82, 2.24) is 20.0 Å². The first kappa shape index (κ1) is 15.8. The van der Waals surface area contributed by atoms with Crippen molar-refractivity contribution < 1.29 is 9.53 Å². The van der Waals surface area contributed by atoms with E-state index in [0.717, 1.165) is 22.7 Å². The van der Waals surface area contributed by atoms with Crippen molar-refractivity contribution in [3.8, 4) is 17.0 Å². The van der Waals surface area contributed by atoms with Gasteiger partial charge >= 0.3 is 0 Å². The van der Waals surface area contributed by atoms with E-state index in [-0.39, 0.29) is 12.3 Å². The molecule has 2 aromatic heterocycles. The molecule has 1 amide bonds. The van der Waals surface area contributed by atoms with Crippen LogP contribution in [0.4, 0.5) is 5.82 Å². The van der Waals surface area contributed by atoms with Gasteiger partial charge in [0.05, 0.1) is 24.9 Å². The Morgan fingerprint density at radius 2 is 2.17 bits per heavy atom. The molecule has 0 saturated carbocycles. The van der Waals surface area contributed by atoms with Gasteiger partial charge in [-0.25, -0.2) is 0 Å². The lowest BCUT2D eigenvalue weighted by molar-refractivity contribution is -0.115. The van der Waals surface area contributed by atoms with Crippen LogP contribution in [0.3, 0.4) is 0 Å². The number of H-pyrrole nitrogens is 1. The van der Waals surface area contributed by atoms with E-state index in [1.54, 1.807) is 18.8 Å². The van der Waals surface area contributed by atoms with Gasteiger partial charge in [0.1, 0.15) is 11.6 Å². The number of hydrogen-bond donors (Lipinski definition) is 2. The molecule has 0 saturated heterocycles. The van der Waals surface area contributed by atoms with Gasteiger partial charge in [-0.2, -0.15) is 10.2 Å². The van der Waals surface area contributed by atoms with Crippen molar-refractivity contribution in [3.05, 3.63) is 47.8 Å². The summed E-state index contributed by atoms with van der Waals surface area (Å²) in [4.78, 5) is 12.2. The third-order valence-electron chi connectivity index (χ3n) is 3.61. The number of carbonyl (C=O) groups is 1. The molecule has 2 heterocycles. The van der Waals surface area contributed by atoms with Gasteiger partial charge in [0.15, 0.2) is 0 Å². The zero-order chi connectivity index (χ0) is 17.1. The van der Waals surface area contributed by atoms with Crippen LogP contribution < -0.4 is 10.1 Å². The number of benzene rings is 1. The quantitative estimate of drug-likeness (QED) is 0.754. The number of nitrogens with one attached hydrogen (secondary N) is 2. The van der Waals surface area contributed by atoms with Gasteiger partial charge in [-0.1, -0.05) is 12.1 Å². The van der Waals surface area contributed by atoms with E-state index in [4.69, 9.17) is 4.74 Å². The molecule has 124 valence electrons. The Morgan fingerprint density at radius 1 is 1.33 bits per heavy atom. The van der Waals surface area contributed by atoms with Gasteiger partial charge in [0, 0.05) is 24.4 Å². The number of aromatic nitrogens is 4. The summed E-state index contributed by atoms with van der Waals surface area (Å²) in [6.45, 7) is 1.90. The monoisotopic (exact) mass is 325 g/mol. The maximum Gasteiger partial charge on any atom is 0.231 e. The molecule has 0 unspecified atom stereocenters. The number of aromatic amines is 1. The number of aryl methyl sites for hydroxylation is 2. The summed E-state index contributed by atoms with van der Waals surface area (Å²) >= 11 is 0. The summed E-state index contributed by atoms with van der Waals surface area (Å²) in [6, 6.07) is 11.3. The average Bonchev–Trinajstić information content (AvgIpc) is 3.13. The SMILES string of the molecule is COc1cccc(-c2cc(NC(=O)Cc3cc(C)[nH]n3)n(C)n2)c1. The first-order chi connectivity index (χ1) is 11.5. The predicted molar refractivity (Wildman–Crippen MR) is 90.9 cm³/mol. The maximum atomic E-state index is 12.2. The number of hydrogen-bond acceptors (Lipinski definition) is 4. The Kier molecular flexibility index (Phi) is 4.33. The normalized spacial score (nSPS) is 10.6. The Bertz CT molecular complexity index is 866. The standard InChI is InChI=1S/C17H19N5O2/c1-11-7-13(20-19-11)9-17(23)18-16-10-15(21-22(16)2)12-5-4-6-14(8-12)24-3/h4-8,10H,9H2,1-3H3,(H,18,23)(H,19,20). The molecular weight excluding hydrogens is 306 g/mol. The molecule has 24 heavy (non-hydrogen) atoms. The summed E-state index contributed by atoms with van der Waals surface area (Å²) < 4.78 is 6.87. The summed E-state index contributed by atoms with van der Waals surface area (Å²) in [7, 11) is 3.41. The van der Waals surface area contributed by atoms with Gasteiger partial charge in [-0.15, -0.1) is 0 Å². The topological polar surface area (TPSA) is 84.8 Å². The van der Waals surface area contributed by atoms with Gasteiger partial charge in [-0.05, 0) is 25.1 Å². The first-order valence-electron chi connectivity index (χ1n) is 7.54. The second kappa shape index (κ2) is 6.57. The smallest absolute Gasteiger partial charge is 0.231 e. The van der Waals surface area contributed by atoms with Crippen LogP contribution in [0.2, 0.25) is 0 Å². The number of carbonyl (C=O) groups excluding carboxylic acids is 1. The zero-order valence-electron chi connectivity index (χ0n) is 13.8. The van der Waals surface area contributed by atoms with E-state index in [0.29, 0.717) is 11.5 Å². The molecule has 0 aliphatic carbocycles. The largest absolute Gasteiger partial charge is 0.497 e. The van der Waals surface area contributed by atoms with Crippen LogP contribution in [0.25, 0.3) is 11.3 Å². The third-order valence-corrected chi connectivity index (χ3v) is 3.61. The third kappa shape index (κ3) is 3.45. The highest BCUT2D eigenvalue weighted by atomic mass is 16.5. The molecule has 0 atom stereocenters. The van der Waals surface area contributed by atoms with Crippen molar-refractivity contribution in [2.75, 3.05) is 12.4 Å². The highest BCUT2D eigenvalue weighted by Gasteiger charge is 2.12. The van der Waals surface area contributed by atoms with E-state index in [1.807, 2.05) is 43.3 Å². The molecule has 7 heteroatoms. The van der Waals surface area contributed by atoms with Crippen LogP contribution in [-0.2, 0) is 18.3 Å². The Balaban J connectivity index is 1.75. The van der Waals surface area contributed by atoms with Crippen LogP contribution in [-0.4, -0.2) is 33.0 Å².